The van der Waals surface area contributed by atoms with Crippen molar-refractivity contribution in [3.63, 3.8) is 0 Å². The Morgan fingerprint density at radius 3 is 2.43 bits per heavy atom. The van der Waals surface area contributed by atoms with Crippen molar-refractivity contribution in [2.24, 2.45) is 0 Å². The van der Waals surface area contributed by atoms with Crippen molar-refractivity contribution in [1.29, 1.82) is 0 Å². The van der Waals surface area contributed by atoms with Crippen molar-refractivity contribution >= 4 is 11.6 Å². The molecule has 0 aliphatic heterocycles. The molecule has 0 heterocycles. The number of methoxy groups -OCH3 is 1. The van der Waals surface area contributed by atoms with E-state index in [1.807, 2.05) is 42.5 Å². The van der Waals surface area contributed by atoms with Gasteiger partial charge in [-0.15, -0.1) is 0 Å². The van der Waals surface area contributed by atoms with Crippen LogP contribution in [0, 0.1) is 0 Å². The van der Waals surface area contributed by atoms with Gasteiger partial charge in [0.2, 0.25) is 5.91 Å². The first-order valence-electron chi connectivity index (χ1n) is 6.87. The Kier molecular flexibility index (Phi) is 5.35. The summed E-state index contributed by atoms with van der Waals surface area (Å²) in [6.45, 7) is 3.06. The molecule has 4 heteroatoms. The number of anilines is 1. The van der Waals surface area contributed by atoms with Crippen molar-refractivity contribution in [3.05, 3.63) is 59.7 Å². The molecule has 0 unspecified atom stereocenters. The summed E-state index contributed by atoms with van der Waals surface area (Å²) in [5, 5.41) is 6.14. The molecule has 0 atom stereocenters. The van der Waals surface area contributed by atoms with Crippen LogP contribution in [0.4, 0.5) is 5.69 Å². The first-order chi connectivity index (χ1) is 10.2. The van der Waals surface area contributed by atoms with E-state index in [9.17, 15) is 4.79 Å². The quantitative estimate of drug-likeness (QED) is 0.857. The standard InChI is InChI=1S/C17H20N2O2/c1-13(20)19-16-8-6-14(7-9-16)11-18-12-15-4-3-5-17(10-15)21-2/h3-10,18H,11-12H2,1-2H3,(H,19,20). The van der Waals surface area contributed by atoms with E-state index >= 15 is 0 Å². The minimum absolute atomic E-state index is 0.0566. The number of hydrogen-bond donors (Lipinski definition) is 2. The van der Waals surface area contributed by atoms with Gasteiger partial charge < -0.3 is 15.4 Å². The smallest absolute Gasteiger partial charge is 0.221 e. The van der Waals surface area contributed by atoms with Crippen molar-refractivity contribution < 1.29 is 9.53 Å². The molecule has 2 aromatic rings. The van der Waals surface area contributed by atoms with Gasteiger partial charge in [0.15, 0.2) is 0 Å². The number of ether oxygens (including phenoxy) is 1. The van der Waals surface area contributed by atoms with E-state index in [4.69, 9.17) is 4.74 Å². The van der Waals surface area contributed by atoms with Gasteiger partial charge in [-0.1, -0.05) is 24.3 Å². The second-order valence-corrected chi connectivity index (χ2v) is 4.83. The van der Waals surface area contributed by atoms with E-state index in [1.54, 1.807) is 7.11 Å². The zero-order chi connectivity index (χ0) is 15.1. The molecule has 0 bridgehead atoms. The van der Waals surface area contributed by atoms with Gasteiger partial charge in [-0.3, -0.25) is 4.79 Å². The molecule has 0 spiro atoms. The SMILES string of the molecule is COc1cccc(CNCc2ccc(NC(C)=O)cc2)c1. The molecule has 110 valence electrons. The van der Waals surface area contributed by atoms with Crippen molar-refractivity contribution in [2.75, 3.05) is 12.4 Å². The highest BCUT2D eigenvalue weighted by atomic mass is 16.5. The van der Waals surface area contributed by atoms with Gasteiger partial charge in [0, 0.05) is 25.7 Å². The zero-order valence-corrected chi connectivity index (χ0v) is 12.3. The lowest BCUT2D eigenvalue weighted by Gasteiger charge is -2.08. The molecule has 0 aromatic heterocycles. The fourth-order valence-electron chi connectivity index (χ4n) is 2.04. The van der Waals surface area contributed by atoms with Crippen LogP contribution in [0.15, 0.2) is 48.5 Å². The third-order valence-electron chi connectivity index (χ3n) is 3.07. The van der Waals surface area contributed by atoms with Crippen LogP contribution in [0.5, 0.6) is 5.75 Å². The number of hydrogen-bond acceptors (Lipinski definition) is 3. The van der Waals surface area contributed by atoms with E-state index in [0.29, 0.717) is 0 Å². The summed E-state index contributed by atoms with van der Waals surface area (Å²) in [4.78, 5) is 10.9. The van der Waals surface area contributed by atoms with E-state index < -0.39 is 0 Å². The Hall–Kier alpha value is -2.33. The molecule has 0 saturated carbocycles. The molecule has 2 rings (SSSR count). The summed E-state index contributed by atoms with van der Waals surface area (Å²) in [5.74, 6) is 0.813. The van der Waals surface area contributed by atoms with Gasteiger partial charge in [0.1, 0.15) is 5.75 Å². The first kappa shape index (κ1) is 15.1. The molecule has 0 radical (unpaired) electrons. The Morgan fingerprint density at radius 1 is 1.05 bits per heavy atom. The summed E-state index contributed by atoms with van der Waals surface area (Å²) in [7, 11) is 1.67. The number of carbonyl (C=O) groups is 1. The number of nitrogens with one attached hydrogen (secondary N) is 2. The Morgan fingerprint density at radius 2 is 1.76 bits per heavy atom. The second kappa shape index (κ2) is 7.45. The topological polar surface area (TPSA) is 50.4 Å². The Balaban J connectivity index is 1.84. The molecule has 21 heavy (non-hydrogen) atoms. The van der Waals surface area contributed by atoms with Crippen LogP contribution >= 0.6 is 0 Å². The number of benzene rings is 2. The van der Waals surface area contributed by atoms with E-state index in [1.165, 1.54) is 18.1 Å². The predicted octanol–water partition coefficient (Wildman–Crippen LogP) is 2.94. The zero-order valence-electron chi connectivity index (χ0n) is 12.3. The molecule has 2 aromatic carbocycles. The maximum absolute atomic E-state index is 10.9. The van der Waals surface area contributed by atoms with Crippen molar-refractivity contribution in [3.8, 4) is 5.75 Å². The van der Waals surface area contributed by atoms with Crippen molar-refractivity contribution in [1.82, 2.24) is 5.32 Å². The molecular weight excluding hydrogens is 264 g/mol. The highest BCUT2D eigenvalue weighted by Crippen LogP contribution is 2.13. The Bertz CT molecular complexity index is 594. The average molecular weight is 284 g/mol. The average Bonchev–Trinajstić information content (AvgIpc) is 2.49. The third kappa shape index (κ3) is 4.93. The summed E-state index contributed by atoms with van der Waals surface area (Å²) in [6, 6.07) is 15.8. The minimum atomic E-state index is -0.0566. The highest BCUT2D eigenvalue weighted by Gasteiger charge is 1.98. The summed E-state index contributed by atoms with van der Waals surface area (Å²) in [6.07, 6.45) is 0. The molecule has 1 amide bonds. The van der Waals surface area contributed by atoms with Gasteiger partial charge >= 0.3 is 0 Å². The van der Waals surface area contributed by atoms with E-state index in [2.05, 4.69) is 16.7 Å². The lowest BCUT2D eigenvalue weighted by atomic mass is 10.2. The van der Waals surface area contributed by atoms with Gasteiger partial charge in [0.25, 0.3) is 0 Å². The molecule has 0 saturated heterocycles. The van der Waals surface area contributed by atoms with Crippen LogP contribution in [0.25, 0.3) is 0 Å². The van der Waals surface area contributed by atoms with Crippen LogP contribution in [0.3, 0.4) is 0 Å². The molecule has 0 aliphatic rings. The summed E-state index contributed by atoms with van der Waals surface area (Å²) < 4.78 is 5.20. The summed E-state index contributed by atoms with van der Waals surface area (Å²) >= 11 is 0. The number of rotatable bonds is 6. The van der Waals surface area contributed by atoms with Crippen LogP contribution < -0.4 is 15.4 Å². The molecule has 0 aliphatic carbocycles. The van der Waals surface area contributed by atoms with E-state index in [-0.39, 0.29) is 5.91 Å². The Labute approximate surface area is 125 Å². The van der Waals surface area contributed by atoms with Gasteiger partial charge in [0.05, 0.1) is 7.11 Å². The van der Waals surface area contributed by atoms with Crippen LogP contribution in [-0.2, 0) is 17.9 Å². The summed E-state index contributed by atoms with van der Waals surface area (Å²) in [5.41, 5.74) is 3.18. The predicted molar refractivity (Wildman–Crippen MR) is 84.3 cm³/mol. The maximum atomic E-state index is 10.9. The van der Waals surface area contributed by atoms with Crippen LogP contribution in [-0.4, -0.2) is 13.0 Å². The van der Waals surface area contributed by atoms with Gasteiger partial charge in [-0.05, 0) is 35.4 Å². The lowest BCUT2D eigenvalue weighted by Crippen LogP contribution is -2.12. The number of carbonyl (C=O) groups excluding carboxylic acids is 1. The van der Waals surface area contributed by atoms with Crippen molar-refractivity contribution in [2.45, 2.75) is 20.0 Å². The largest absolute Gasteiger partial charge is 0.497 e. The first-order valence-corrected chi connectivity index (χ1v) is 6.87. The fourth-order valence-corrected chi connectivity index (χ4v) is 2.04. The number of amides is 1. The maximum Gasteiger partial charge on any atom is 0.221 e. The second-order valence-electron chi connectivity index (χ2n) is 4.83. The van der Waals surface area contributed by atoms with Crippen LogP contribution in [0.2, 0.25) is 0 Å². The molecule has 2 N–H and O–H groups in total. The lowest BCUT2D eigenvalue weighted by molar-refractivity contribution is -0.114. The molecule has 4 nitrogen and oxygen atoms in total. The third-order valence-corrected chi connectivity index (χ3v) is 3.07. The molecular formula is C17H20N2O2. The minimum Gasteiger partial charge on any atom is -0.497 e. The normalized spacial score (nSPS) is 10.2. The molecule has 0 fully saturated rings. The van der Waals surface area contributed by atoms with Gasteiger partial charge in [-0.25, -0.2) is 0 Å². The van der Waals surface area contributed by atoms with Crippen LogP contribution in [0.1, 0.15) is 18.1 Å². The van der Waals surface area contributed by atoms with Gasteiger partial charge in [-0.2, -0.15) is 0 Å². The fraction of sp³-hybridized carbons (Fsp3) is 0.235. The highest BCUT2D eigenvalue weighted by molar-refractivity contribution is 5.88. The monoisotopic (exact) mass is 284 g/mol. The van der Waals surface area contributed by atoms with E-state index in [0.717, 1.165) is 24.5 Å².